The Balaban J connectivity index is 2.43. The number of nitrogens with one attached hydrogen (secondary N) is 1. The third-order valence-electron chi connectivity index (χ3n) is 3.46. The number of piperidine rings is 1. The summed E-state index contributed by atoms with van der Waals surface area (Å²) in [6, 6.07) is 0.0644. The van der Waals surface area contributed by atoms with E-state index in [0.29, 0.717) is 38.9 Å². The Morgan fingerprint density at radius 2 is 2.00 bits per heavy atom. The molecule has 3 N–H and O–H groups in total. The van der Waals surface area contributed by atoms with Gasteiger partial charge in [0.05, 0.1) is 5.75 Å². The lowest BCUT2D eigenvalue weighted by Gasteiger charge is -2.32. The van der Waals surface area contributed by atoms with Gasteiger partial charge in [-0.2, -0.15) is 0 Å². The molecule has 0 radical (unpaired) electrons. The van der Waals surface area contributed by atoms with Gasteiger partial charge in [-0.05, 0) is 19.3 Å². The molecule has 112 valence electrons. The minimum absolute atomic E-state index is 0.0441. The largest absolute Gasteiger partial charge is 0.353 e. The van der Waals surface area contributed by atoms with E-state index in [-0.39, 0.29) is 23.6 Å². The fourth-order valence-electron chi connectivity index (χ4n) is 2.12. The van der Waals surface area contributed by atoms with Crippen LogP contribution in [0.4, 0.5) is 0 Å². The molecule has 0 aromatic rings. The molecule has 19 heavy (non-hydrogen) atoms. The normalized spacial score (nSPS) is 20.2. The highest BCUT2D eigenvalue weighted by Crippen LogP contribution is 2.15. The van der Waals surface area contributed by atoms with Crippen LogP contribution >= 0.6 is 0 Å². The van der Waals surface area contributed by atoms with E-state index < -0.39 is 10.0 Å². The Labute approximate surface area is 115 Å². The highest BCUT2D eigenvalue weighted by Gasteiger charge is 2.28. The third kappa shape index (κ3) is 4.74. The first kappa shape index (κ1) is 16.4. The zero-order chi connectivity index (χ0) is 14.5. The van der Waals surface area contributed by atoms with Gasteiger partial charge in [0.25, 0.3) is 0 Å². The molecule has 0 aromatic carbocycles. The predicted octanol–water partition coefficient (Wildman–Crippen LogP) is -0.0984. The molecular formula is C12H25N3O3S. The summed E-state index contributed by atoms with van der Waals surface area (Å²) in [4.78, 5) is 11.7. The molecule has 1 aliphatic rings. The van der Waals surface area contributed by atoms with Gasteiger partial charge >= 0.3 is 0 Å². The first-order valence-electron chi connectivity index (χ1n) is 6.89. The van der Waals surface area contributed by atoms with Crippen molar-refractivity contribution in [2.45, 2.75) is 39.2 Å². The summed E-state index contributed by atoms with van der Waals surface area (Å²) in [6.07, 6.45) is 1.98. The molecule has 1 heterocycles. The molecular weight excluding hydrogens is 266 g/mol. The molecule has 6 nitrogen and oxygen atoms in total. The molecule has 0 saturated carbocycles. The number of carbonyl (C=O) groups excluding carboxylic acids is 1. The topological polar surface area (TPSA) is 92.5 Å². The maximum absolute atomic E-state index is 11.9. The second kappa shape index (κ2) is 7.21. The van der Waals surface area contributed by atoms with Crippen molar-refractivity contribution in [3.63, 3.8) is 0 Å². The van der Waals surface area contributed by atoms with Crippen LogP contribution in [0.15, 0.2) is 0 Å². The van der Waals surface area contributed by atoms with Gasteiger partial charge in [0.1, 0.15) is 0 Å². The van der Waals surface area contributed by atoms with Crippen molar-refractivity contribution in [1.82, 2.24) is 9.62 Å². The molecule has 1 atom stereocenters. The quantitative estimate of drug-likeness (QED) is 0.715. The van der Waals surface area contributed by atoms with Crippen molar-refractivity contribution in [2.24, 2.45) is 11.7 Å². The monoisotopic (exact) mass is 291 g/mol. The fraction of sp³-hybridized carbons (Fsp3) is 0.917. The summed E-state index contributed by atoms with van der Waals surface area (Å²) < 4.78 is 25.3. The summed E-state index contributed by atoms with van der Waals surface area (Å²) >= 11 is 0. The van der Waals surface area contributed by atoms with E-state index in [1.165, 1.54) is 4.31 Å². The maximum atomic E-state index is 11.9. The van der Waals surface area contributed by atoms with Gasteiger partial charge < -0.3 is 11.1 Å². The number of hydrogen-bond donors (Lipinski definition) is 2. The number of nitrogens with zero attached hydrogens (tertiary/aromatic N) is 1. The van der Waals surface area contributed by atoms with Gasteiger partial charge in [0.15, 0.2) is 0 Å². The average Bonchev–Trinajstić information content (AvgIpc) is 2.38. The minimum atomic E-state index is -3.11. The Hall–Kier alpha value is -0.660. The van der Waals surface area contributed by atoms with Crippen LogP contribution in [0.3, 0.4) is 0 Å². The highest BCUT2D eigenvalue weighted by atomic mass is 32.2. The molecule has 0 spiro atoms. The van der Waals surface area contributed by atoms with Gasteiger partial charge in [0, 0.05) is 31.6 Å². The molecule has 1 unspecified atom stereocenters. The van der Waals surface area contributed by atoms with Gasteiger partial charge in [-0.3, -0.25) is 4.79 Å². The first-order chi connectivity index (χ1) is 8.90. The maximum Gasteiger partial charge on any atom is 0.224 e. The Morgan fingerprint density at radius 1 is 1.42 bits per heavy atom. The van der Waals surface area contributed by atoms with E-state index in [2.05, 4.69) is 5.32 Å². The van der Waals surface area contributed by atoms with Gasteiger partial charge in [-0.25, -0.2) is 12.7 Å². The summed E-state index contributed by atoms with van der Waals surface area (Å²) in [6.45, 7) is 4.96. The summed E-state index contributed by atoms with van der Waals surface area (Å²) in [7, 11) is -3.11. The van der Waals surface area contributed by atoms with Crippen molar-refractivity contribution >= 4 is 15.9 Å². The van der Waals surface area contributed by atoms with Crippen LogP contribution in [0.5, 0.6) is 0 Å². The van der Waals surface area contributed by atoms with Crippen molar-refractivity contribution in [3.8, 4) is 0 Å². The zero-order valence-corrected chi connectivity index (χ0v) is 12.6. The number of nitrogens with two attached hydrogens (primary N) is 1. The van der Waals surface area contributed by atoms with Crippen LogP contribution in [-0.2, 0) is 14.8 Å². The number of carbonyl (C=O) groups is 1. The second-order valence-electron chi connectivity index (χ2n) is 5.13. The predicted molar refractivity (Wildman–Crippen MR) is 75.0 cm³/mol. The molecule has 1 saturated heterocycles. The van der Waals surface area contributed by atoms with Crippen LogP contribution in [-0.4, -0.2) is 50.1 Å². The second-order valence-corrected chi connectivity index (χ2v) is 7.22. The average molecular weight is 291 g/mol. The van der Waals surface area contributed by atoms with Gasteiger partial charge in [-0.15, -0.1) is 0 Å². The molecule has 1 aliphatic heterocycles. The van der Waals surface area contributed by atoms with Crippen LogP contribution in [0, 0.1) is 5.92 Å². The molecule has 0 aliphatic carbocycles. The SMILES string of the molecule is CCCS(=O)(=O)N1CCC(NC(=O)C(C)CN)CC1. The van der Waals surface area contributed by atoms with Gasteiger partial charge in [0.2, 0.25) is 15.9 Å². The molecule has 0 aromatic heterocycles. The molecule has 0 bridgehead atoms. The van der Waals surface area contributed by atoms with Crippen LogP contribution in [0.25, 0.3) is 0 Å². The summed E-state index contributed by atoms with van der Waals surface area (Å²) in [5, 5.41) is 2.93. The lowest BCUT2D eigenvalue weighted by molar-refractivity contribution is -0.125. The molecule has 1 rings (SSSR count). The number of hydrogen-bond acceptors (Lipinski definition) is 4. The van der Waals surface area contributed by atoms with Crippen LogP contribution < -0.4 is 11.1 Å². The van der Waals surface area contributed by atoms with Crippen molar-refractivity contribution in [2.75, 3.05) is 25.4 Å². The van der Waals surface area contributed by atoms with E-state index in [9.17, 15) is 13.2 Å². The van der Waals surface area contributed by atoms with Crippen molar-refractivity contribution in [1.29, 1.82) is 0 Å². The fourth-order valence-corrected chi connectivity index (χ4v) is 3.66. The Kier molecular flexibility index (Phi) is 6.22. The zero-order valence-electron chi connectivity index (χ0n) is 11.8. The Morgan fingerprint density at radius 3 is 2.47 bits per heavy atom. The molecule has 7 heteroatoms. The summed E-state index contributed by atoms with van der Waals surface area (Å²) in [5.74, 6) is -0.0342. The lowest BCUT2D eigenvalue weighted by Crippen LogP contribution is -2.48. The lowest BCUT2D eigenvalue weighted by atomic mass is 10.1. The van der Waals surface area contributed by atoms with E-state index >= 15 is 0 Å². The molecule has 1 fully saturated rings. The number of amides is 1. The van der Waals surface area contributed by atoms with Crippen molar-refractivity contribution in [3.05, 3.63) is 0 Å². The standard InChI is InChI=1S/C12H25N3O3S/c1-3-8-19(17,18)15-6-4-11(5-7-15)14-12(16)10(2)9-13/h10-11H,3-9,13H2,1-2H3,(H,14,16). The minimum Gasteiger partial charge on any atom is -0.353 e. The van der Waals surface area contributed by atoms with E-state index in [1.807, 2.05) is 6.92 Å². The number of rotatable bonds is 6. The smallest absolute Gasteiger partial charge is 0.224 e. The van der Waals surface area contributed by atoms with Crippen molar-refractivity contribution < 1.29 is 13.2 Å². The van der Waals surface area contributed by atoms with E-state index in [1.54, 1.807) is 6.92 Å². The van der Waals surface area contributed by atoms with E-state index in [0.717, 1.165) is 0 Å². The van der Waals surface area contributed by atoms with Gasteiger partial charge in [-0.1, -0.05) is 13.8 Å². The first-order valence-corrected chi connectivity index (χ1v) is 8.50. The Bertz CT molecular complexity index is 389. The summed E-state index contributed by atoms with van der Waals surface area (Å²) in [5.41, 5.74) is 5.44. The van der Waals surface area contributed by atoms with Crippen LogP contribution in [0.2, 0.25) is 0 Å². The molecule has 1 amide bonds. The highest BCUT2D eigenvalue weighted by molar-refractivity contribution is 7.89. The van der Waals surface area contributed by atoms with Crippen LogP contribution in [0.1, 0.15) is 33.1 Å². The van der Waals surface area contributed by atoms with E-state index in [4.69, 9.17) is 5.73 Å². The number of sulfonamides is 1. The third-order valence-corrected chi connectivity index (χ3v) is 5.53.